The minimum Gasteiger partial charge on any atom is -0.345 e. The van der Waals surface area contributed by atoms with Gasteiger partial charge in [-0.1, -0.05) is 12.1 Å². The highest BCUT2D eigenvalue weighted by molar-refractivity contribution is 9.10. The van der Waals surface area contributed by atoms with Crippen LogP contribution in [-0.4, -0.2) is 19.3 Å². The number of primary sulfonamides is 1. The molecule has 22 heavy (non-hydrogen) atoms. The van der Waals surface area contributed by atoms with Gasteiger partial charge in [-0.2, -0.15) is 0 Å². The molecule has 0 saturated carbocycles. The summed E-state index contributed by atoms with van der Waals surface area (Å²) in [4.78, 5) is 16.1. The summed E-state index contributed by atoms with van der Waals surface area (Å²) in [5.41, 5.74) is 1.20. The van der Waals surface area contributed by atoms with E-state index in [1.165, 1.54) is 18.3 Å². The molecule has 2 aromatic rings. The molecule has 0 aliphatic carbocycles. The first-order valence-electron chi connectivity index (χ1n) is 6.31. The van der Waals surface area contributed by atoms with E-state index in [4.69, 9.17) is 5.14 Å². The summed E-state index contributed by atoms with van der Waals surface area (Å²) in [7, 11) is -3.72. The van der Waals surface area contributed by atoms with Crippen molar-refractivity contribution in [3.63, 3.8) is 0 Å². The summed E-state index contributed by atoms with van der Waals surface area (Å²) in [6, 6.07) is 7.43. The van der Waals surface area contributed by atoms with Gasteiger partial charge in [-0.25, -0.2) is 13.6 Å². The highest BCUT2D eigenvalue weighted by Gasteiger charge is 2.13. The van der Waals surface area contributed by atoms with Crippen LogP contribution in [0.5, 0.6) is 0 Å². The van der Waals surface area contributed by atoms with E-state index in [1.54, 1.807) is 31.3 Å². The fraction of sp³-hybridized carbons (Fsp3) is 0.143. The van der Waals surface area contributed by atoms with Crippen molar-refractivity contribution in [1.29, 1.82) is 0 Å². The minimum atomic E-state index is -3.72. The number of nitrogens with one attached hydrogen (secondary N) is 1. The molecule has 0 aliphatic rings. The summed E-state index contributed by atoms with van der Waals surface area (Å²) in [6.07, 6.45) is 3.06. The summed E-state index contributed by atoms with van der Waals surface area (Å²) in [6.45, 7) is 1.80. The van der Waals surface area contributed by atoms with Crippen molar-refractivity contribution in [2.75, 3.05) is 0 Å². The standard InChI is InChI=1S/C14H14BrN3O3S/c1-9(10-2-4-13(5-3-10)22(16,20)21)18-14(19)11-6-12(15)8-17-7-11/h2-9H,1H3,(H,18,19)(H2,16,20,21)/t9-/m0/s1. The van der Waals surface area contributed by atoms with Gasteiger partial charge >= 0.3 is 0 Å². The number of hydrogen-bond acceptors (Lipinski definition) is 4. The highest BCUT2D eigenvalue weighted by atomic mass is 79.9. The zero-order chi connectivity index (χ0) is 16.3. The number of carbonyl (C=O) groups is 1. The molecule has 0 aliphatic heterocycles. The van der Waals surface area contributed by atoms with Crippen molar-refractivity contribution in [3.8, 4) is 0 Å². The first-order chi connectivity index (χ1) is 10.3. The fourth-order valence-corrected chi connectivity index (χ4v) is 2.73. The predicted octanol–water partition coefficient (Wildman–Crippen LogP) is 1.98. The lowest BCUT2D eigenvalue weighted by Gasteiger charge is -2.14. The fourth-order valence-electron chi connectivity index (χ4n) is 1.85. The van der Waals surface area contributed by atoms with E-state index in [-0.39, 0.29) is 16.8 Å². The number of pyridine rings is 1. The molecule has 0 saturated heterocycles. The summed E-state index contributed by atoms with van der Waals surface area (Å²) in [5.74, 6) is -0.267. The molecule has 0 bridgehead atoms. The minimum absolute atomic E-state index is 0.0333. The molecule has 1 amide bonds. The van der Waals surface area contributed by atoms with Gasteiger partial charge in [0.25, 0.3) is 5.91 Å². The van der Waals surface area contributed by atoms with Gasteiger partial charge in [-0.15, -0.1) is 0 Å². The maximum atomic E-state index is 12.1. The van der Waals surface area contributed by atoms with Crippen LogP contribution in [-0.2, 0) is 10.0 Å². The molecule has 1 heterocycles. The Bertz CT molecular complexity index is 791. The number of sulfonamides is 1. The molecule has 8 heteroatoms. The average Bonchev–Trinajstić information content (AvgIpc) is 2.46. The molecule has 0 radical (unpaired) electrons. The van der Waals surface area contributed by atoms with Gasteiger partial charge in [0.1, 0.15) is 0 Å². The number of nitrogens with two attached hydrogens (primary N) is 1. The van der Waals surface area contributed by atoms with E-state index in [1.807, 2.05) is 0 Å². The smallest absolute Gasteiger partial charge is 0.253 e. The van der Waals surface area contributed by atoms with Crippen LogP contribution in [0.1, 0.15) is 28.9 Å². The molecule has 116 valence electrons. The Morgan fingerprint density at radius 3 is 2.45 bits per heavy atom. The second kappa shape index (κ2) is 6.55. The number of nitrogens with zero attached hydrogens (tertiary/aromatic N) is 1. The number of hydrogen-bond donors (Lipinski definition) is 2. The van der Waals surface area contributed by atoms with Gasteiger partial charge in [-0.3, -0.25) is 9.78 Å². The Labute approximate surface area is 136 Å². The van der Waals surface area contributed by atoms with Crippen molar-refractivity contribution >= 4 is 31.9 Å². The quantitative estimate of drug-likeness (QED) is 0.842. The molecule has 1 atom stereocenters. The van der Waals surface area contributed by atoms with Crippen molar-refractivity contribution in [2.45, 2.75) is 17.9 Å². The third-order valence-corrected chi connectivity index (χ3v) is 4.39. The van der Waals surface area contributed by atoms with Gasteiger partial charge < -0.3 is 5.32 Å². The van der Waals surface area contributed by atoms with Gasteiger partial charge in [-0.05, 0) is 46.6 Å². The van der Waals surface area contributed by atoms with Crippen LogP contribution in [0.2, 0.25) is 0 Å². The van der Waals surface area contributed by atoms with Crippen LogP contribution < -0.4 is 10.5 Å². The molecule has 1 aromatic heterocycles. The molecule has 0 spiro atoms. The second-order valence-corrected chi connectivity index (χ2v) is 7.18. The number of aromatic nitrogens is 1. The molecule has 1 aromatic carbocycles. The van der Waals surface area contributed by atoms with Crippen LogP contribution in [0.25, 0.3) is 0 Å². The van der Waals surface area contributed by atoms with Crippen molar-refractivity contribution in [3.05, 3.63) is 58.3 Å². The second-order valence-electron chi connectivity index (χ2n) is 4.70. The lowest BCUT2D eigenvalue weighted by atomic mass is 10.1. The SMILES string of the molecule is C[C@H](NC(=O)c1cncc(Br)c1)c1ccc(S(N)(=O)=O)cc1. The average molecular weight is 384 g/mol. The van der Waals surface area contributed by atoms with Crippen molar-refractivity contribution in [1.82, 2.24) is 10.3 Å². The van der Waals surface area contributed by atoms with Crippen LogP contribution in [0.15, 0.2) is 52.1 Å². The monoisotopic (exact) mass is 383 g/mol. The van der Waals surface area contributed by atoms with Gasteiger partial charge in [0, 0.05) is 16.9 Å². The summed E-state index contributed by atoms with van der Waals surface area (Å²) in [5, 5.41) is 7.86. The van der Waals surface area contributed by atoms with E-state index in [2.05, 4.69) is 26.2 Å². The largest absolute Gasteiger partial charge is 0.345 e. The first kappa shape index (κ1) is 16.6. The Morgan fingerprint density at radius 1 is 1.27 bits per heavy atom. The topological polar surface area (TPSA) is 102 Å². The lowest BCUT2D eigenvalue weighted by molar-refractivity contribution is 0.0939. The third kappa shape index (κ3) is 4.12. The first-order valence-corrected chi connectivity index (χ1v) is 8.65. The van der Waals surface area contributed by atoms with Gasteiger partial charge in [0.05, 0.1) is 16.5 Å². The van der Waals surface area contributed by atoms with E-state index in [0.717, 1.165) is 5.56 Å². The maximum Gasteiger partial charge on any atom is 0.253 e. The third-order valence-electron chi connectivity index (χ3n) is 3.02. The maximum absolute atomic E-state index is 12.1. The van der Waals surface area contributed by atoms with Crippen LogP contribution in [0.4, 0.5) is 0 Å². The Hall–Kier alpha value is -1.77. The lowest BCUT2D eigenvalue weighted by Crippen LogP contribution is -2.26. The van der Waals surface area contributed by atoms with Gasteiger partial charge in [0.2, 0.25) is 10.0 Å². The molecule has 3 N–H and O–H groups in total. The van der Waals surface area contributed by atoms with Crippen LogP contribution in [0, 0.1) is 0 Å². The number of amides is 1. The van der Waals surface area contributed by atoms with Crippen LogP contribution in [0.3, 0.4) is 0 Å². The zero-order valence-corrected chi connectivity index (χ0v) is 14.1. The van der Waals surface area contributed by atoms with E-state index in [0.29, 0.717) is 10.0 Å². The summed E-state index contributed by atoms with van der Waals surface area (Å²) >= 11 is 3.26. The van der Waals surface area contributed by atoms with Gasteiger partial charge in [0.15, 0.2) is 0 Å². The van der Waals surface area contributed by atoms with E-state index < -0.39 is 10.0 Å². The van der Waals surface area contributed by atoms with Crippen molar-refractivity contribution < 1.29 is 13.2 Å². The molecule has 0 unspecified atom stereocenters. The molecular formula is C14H14BrN3O3S. The van der Waals surface area contributed by atoms with E-state index in [9.17, 15) is 13.2 Å². The molecule has 6 nitrogen and oxygen atoms in total. The normalized spacial score (nSPS) is 12.7. The van der Waals surface area contributed by atoms with E-state index >= 15 is 0 Å². The Morgan fingerprint density at radius 2 is 1.91 bits per heavy atom. The summed E-state index contributed by atoms with van der Waals surface area (Å²) < 4.78 is 23.1. The van der Waals surface area contributed by atoms with Crippen molar-refractivity contribution in [2.24, 2.45) is 5.14 Å². The molecule has 0 fully saturated rings. The Kier molecular flexibility index (Phi) is 4.94. The number of rotatable bonds is 4. The Balaban J connectivity index is 2.12. The molecular weight excluding hydrogens is 370 g/mol. The molecule has 2 rings (SSSR count). The predicted molar refractivity (Wildman–Crippen MR) is 85.6 cm³/mol. The number of benzene rings is 1. The number of carbonyl (C=O) groups excluding carboxylic acids is 1. The van der Waals surface area contributed by atoms with Crippen LogP contribution >= 0.6 is 15.9 Å². The zero-order valence-electron chi connectivity index (χ0n) is 11.7. The number of halogens is 1. The highest BCUT2D eigenvalue weighted by Crippen LogP contribution is 2.16.